The number of nitrogens with zero attached hydrogens (tertiary/aromatic N) is 1. The van der Waals surface area contributed by atoms with Crippen molar-refractivity contribution in [1.82, 2.24) is 9.03 Å². The molecule has 0 saturated carbocycles. The van der Waals surface area contributed by atoms with Gasteiger partial charge in [0.2, 0.25) is 0 Å². The Balaban J connectivity index is 2.45. The van der Waals surface area contributed by atoms with Crippen molar-refractivity contribution in [2.75, 3.05) is 26.2 Å². The fourth-order valence-electron chi connectivity index (χ4n) is 2.01. The highest BCUT2D eigenvalue weighted by Crippen LogP contribution is 2.15. The summed E-state index contributed by atoms with van der Waals surface area (Å²) in [6.07, 6.45) is 0. The summed E-state index contributed by atoms with van der Waals surface area (Å²) in [4.78, 5) is 0. The molecule has 0 bridgehead atoms. The Bertz CT molecular complexity index is 505. The lowest BCUT2D eigenvalue weighted by molar-refractivity contribution is 0.319. The molecule has 0 radical (unpaired) electrons. The van der Waals surface area contributed by atoms with Crippen LogP contribution in [0.5, 0.6) is 5.75 Å². The summed E-state index contributed by atoms with van der Waals surface area (Å²) in [5.41, 5.74) is 2.26. The first-order valence-corrected chi connectivity index (χ1v) is 8.29. The predicted molar refractivity (Wildman–Crippen MR) is 81.3 cm³/mol. The molecule has 0 spiro atoms. The van der Waals surface area contributed by atoms with E-state index in [2.05, 4.69) is 10.8 Å². The Morgan fingerprint density at radius 2 is 1.65 bits per heavy atom. The van der Waals surface area contributed by atoms with Crippen molar-refractivity contribution in [2.45, 2.75) is 27.7 Å². The average Bonchev–Trinajstić information content (AvgIpc) is 2.34. The highest BCUT2D eigenvalue weighted by Gasteiger charge is 2.17. The van der Waals surface area contributed by atoms with Crippen LogP contribution < -0.4 is 9.46 Å². The van der Waals surface area contributed by atoms with Crippen molar-refractivity contribution in [3.8, 4) is 5.75 Å². The van der Waals surface area contributed by atoms with Gasteiger partial charge in [-0.1, -0.05) is 19.9 Å². The van der Waals surface area contributed by atoms with Crippen molar-refractivity contribution in [3.63, 3.8) is 0 Å². The number of nitrogens with one attached hydrogen (secondary N) is 1. The van der Waals surface area contributed by atoms with Gasteiger partial charge in [-0.05, 0) is 37.1 Å². The van der Waals surface area contributed by atoms with Gasteiger partial charge in [0.1, 0.15) is 12.4 Å². The Morgan fingerprint density at radius 1 is 1.10 bits per heavy atom. The van der Waals surface area contributed by atoms with E-state index in [1.54, 1.807) is 0 Å². The van der Waals surface area contributed by atoms with Gasteiger partial charge in [0.15, 0.2) is 0 Å². The minimum atomic E-state index is -3.39. The lowest BCUT2D eigenvalue weighted by atomic mass is 10.1. The summed E-state index contributed by atoms with van der Waals surface area (Å²) in [7, 11) is -3.39. The van der Waals surface area contributed by atoms with Crippen LogP contribution in [-0.2, 0) is 10.2 Å². The summed E-state index contributed by atoms with van der Waals surface area (Å²) >= 11 is 0. The molecule has 1 aromatic carbocycles. The van der Waals surface area contributed by atoms with E-state index in [4.69, 9.17) is 4.74 Å². The molecule has 5 nitrogen and oxygen atoms in total. The van der Waals surface area contributed by atoms with Crippen LogP contribution in [-0.4, -0.2) is 39.0 Å². The minimum Gasteiger partial charge on any atom is -0.492 e. The third-order valence-electron chi connectivity index (χ3n) is 2.90. The molecule has 0 amide bonds. The molecule has 20 heavy (non-hydrogen) atoms. The van der Waals surface area contributed by atoms with E-state index < -0.39 is 10.2 Å². The summed E-state index contributed by atoms with van der Waals surface area (Å²) < 4.78 is 33.2. The molecule has 0 unspecified atom stereocenters. The first-order valence-electron chi connectivity index (χ1n) is 6.85. The van der Waals surface area contributed by atoms with E-state index in [9.17, 15) is 8.42 Å². The topological polar surface area (TPSA) is 58.6 Å². The zero-order valence-electron chi connectivity index (χ0n) is 12.6. The zero-order chi connectivity index (χ0) is 15.2. The van der Waals surface area contributed by atoms with Gasteiger partial charge in [0.05, 0.1) is 0 Å². The monoisotopic (exact) mass is 300 g/mol. The van der Waals surface area contributed by atoms with E-state index >= 15 is 0 Å². The van der Waals surface area contributed by atoms with Gasteiger partial charge in [0.25, 0.3) is 10.2 Å². The zero-order valence-corrected chi connectivity index (χ0v) is 13.5. The SMILES string of the molecule is CCN(CC)S(=O)(=O)NCCOc1cc(C)cc(C)c1. The summed E-state index contributed by atoms with van der Waals surface area (Å²) in [6, 6.07) is 5.94. The molecule has 1 rings (SSSR count). The van der Waals surface area contributed by atoms with Gasteiger partial charge in [-0.2, -0.15) is 17.4 Å². The van der Waals surface area contributed by atoms with Crippen molar-refractivity contribution in [2.24, 2.45) is 0 Å². The largest absolute Gasteiger partial charge is 0.492 e. The molecule has 0 aliphatic heterocycles. The van der Waals surface area contributed by atoms with Gasteiger partial charge in [-0.25, -0.2) is 0 Å². The van der Waals surface area contributed by atoms with Crippen molar-refractivity contribution in [1.29, 1.82) is 0 Å². The molecule has 0 heterocycles. The van der Waals surface area contributed by atoms with Crippen LogP contribution in [0.25, 0.3) is 0 Å². The Labute approximate surface area is 122 Å². The smallest absolute Gasteiger partial charge is 0.279 e. The third kappa shape index (κ3) is 5.11. The molecule has 0 saturated heterocycles. The van der Waals surface area contributed by atoms with E-state index in [-0.39, 0.29) is 6.54 Å². The van der Waals surface area contributed by atoms with Gasteiger partial charge in [-0.3, -0.25) is 0 Å². The first kappa shape index (κ1) is 16.9. The predicted octanol–water partition coefficient (Wildman–Crippen LogP) is 1.86. The van der Waals surface area contributed by atoms with Gasteiger partial charge < -0.3 is 4.74 Å². The van der Waals surface area contributed by atoms with E-state index in [0.717, 1.165) is 16.9 Å². The number of hydrogen-bond donors (Lipinski definition) is 1. The Kier molecular flexibility index (Phi) is 6.45. The second-order valence-corrected chi connectivity index (χ2v) is 6.41. The molecule has 0 aromatic heterocycles. The number of hydrogen-bond acceptors (Lipinski definition) is 3. The first-order chi connectivity index (χ1) is 9.39. The fraction of sp³-hybridized carbons (Fsp3) is 0.571. The second-order valence-electron chi connectivity index (χ2n) is 4.66. The van der Waals surface area contributed by atoms with Crippen molar-refractivity contribution >= 4 is 10.2 Å². The molecular weight excluding hydrogens is 276 g/mol. The average molecular weight is 300 g/mol. The van der Waals surface area contributed by atoms with Crippen LogP contribution in [0.1, 0.15) is 25.0 Å². The van der Waals surface area contributed by atoms with E-state index in [1.165, 1.54) is 4.31 Å². The van der Waals surface area contributed by atoms with Crippen LogP contribution >= 0.6 is 0 Å². The molecule has 1 N–H and O–H groups in total. The highest BCUT2D eigenvalue weighted by molar-refractivity contribution is 7.87. The molecule has 0 atom stereocenters. The molecule has 0 fully saturated rings. The quantitative estimate of drug-likeness (QED) is 0.746. The van der Waals surface area contributed by atoms with Gasteiger partial charge in [0, 0.05) is 19.6 Å². The maximum Gasteiger partial charge on any atom is 0.279 e. The maximum atomic E-state index is 11.9. The number of ether oxygens (including phenoxy) is 1. The van der Waals surface area contributed by atoms with Crippen LogP contribution in [0.3, 0.4) is 0 Å². The number of aryl methyl sites for hydroxylation is 2. The summed E-state index contributed by atoms with van der Waals surface area (Å²) in [5.74, 6) is 0.768. The highest BCUT2D eigenvalue weighted by atomic mass is 32.2. The van der Waals surface area contributed by atoms with Crippen molar-refractivity contribution in [3.05, 3.63) is 29.3 Å². The standard InChI is InChI=1S/C14H24N2O3S/c1-5-16(6-2)20(17,18)15-7-8-19-14-10-12(3)9-13(4)11-14/h9-11,15H,5-8H2,1-4H3. The van der Waals surface area contributed by atoms with Gasteiger partial charge >= 0.3 is 0 Å². The maximum absolute atomic E-state index is 11.9. The number of rotatable bonds is 8. The molecule has 114 valence electrons. The van der Waals surface area contributed by atoms with Gasteiger partial charge in [-0.15, -0.1) is 0 Å². The van der Waals surface area contributed by atoms with Crippen LogP contribution in [0, 0.1) is 13.8 Å². The molecule has 1 aromatic rings. The van der Waals surface area contributed by atoms with Crippen LogP contribution in [0.4, 0.5) is 0 Å². The normalized spacial score (nSPS) is 11.8. The molecular formula is C14H24N2O3S. The lowest BCUT2D eigenvalue weighted by Gasteiger charge is -2.18. The second kappa shape index (κ2) is 7.61. The van der Waals surface area contributed by atoms with Crippen LogP contribution in [0.15, 0.2) is 18.2 Å². The lowest BCUT2D eigenvalue weighted by Crippen LogP contribution is -2.41. The van der Waals surface area contributed by atoms with E-state index in [0.29, 0.717) is 19.7 Å². The summed E-state index contributed by atoms with van der Waals surface area (Å²) in [5, 5.41) is 0. The molecule has 0 aliphatic carbocycles. The minimum absolute atomic E-state index is 0.256. The summed E-state index contributed by atoms with van der Waals surface area (Å²) in [6.45, 7) is 9.12. The van der Waals surface area contributed by atoms with E-state index in [1.807, 2.05) is 39.8 Å². The Hall–Kier alpha value is -1.11. The Morgan fingerprint density at radius 3 is 2.15 bits per heavy atom. The van der Waals surface area contributed by atoms with Crippen LogP contribution in [0.2, 0.25) is 0 Å². The third-order valence-corrected chi connectivity index (χ3v) is 4.66. The molecule has 6 heteroatoms. The number of benzene rings is 1. The molecule has 0 aliphatic rings. The fourth-order valence-corrected chi connectivity index (χ4v) is 3.21. The van der Waals surface area contributed by atoms with Crippen molar-refractivity contribution < 1.29 is 13.2 Å².